The van der Waals surface area contributed by atoms with Gasteiger partial charge in [0.1, 0.15) is 16.8 Å². The molecule has 0 fully saturated rings. The van der Waals surface area contributed by atoms with E-state index in [9.17, 15) is 14.7 Å². The van der Waals surface area contributed by atoms with Crippen molar-refractivity contribution in [1.82, 2.24) is 0 Å². The molecule has 0 saturated heterocycles. The summed E-state index contributed by atoms with van der Waals surface area (Å²) >= 11 is 0. The van der Waals surface area contributed by atoms with E-state index in [4.69, 9.17) is 14.2 Å². The number of ether oxygens (including phenoxy) is 3. The van der Waals surface area contributed by atoms with Crippen LogP contribution in [-0.4, -0.2) is 45.4 Å². The summed E-state index contributed by atoms with van der Waals surface area (Å²) in [5.74, 6) is -1.70. The fourth-order valence-electron chi connectivity index (χ4n) is 11.2. The predicted molar refractivity (Wildman–Crippen MR) is 258 cm³/mol. The minimum absolute atomic E-state index is 0.107. The first-order valence-corrected chi connectivity index (χ1v) is 26.6. The van der Waals surface area contributed by atoms with Crippen molar-refractivity contribution < 1.29 is 33.7 Å². The Hall–Kier alpha value is -1.63. The lowest BCUT2D eigenvalue weighted by Crippen LogP contribution is -2.53. The molecule has 0 heterocycles. The van der Waals surface area contributed by atoms with Gasteiger partial charge in [0.2, 0.25) is 0 Å². The highest BCUT2D eigenvalue weighted by molar-refractivity contribution is 5.90. The first kappa shape index (κ1) is 59.4. The Balaban J connectivity index is 7.58. The molecule has 362 valence electrons. The third-order valence-electron chi connectivity index (χ3n) is 13.8. The molecule has 7 nitrogen and oxygen atoms in total. The molecule has 0 saturated carbocycles. The Kier molecular flexibility index (Phi) is 32.9. The van der Waals surface area contributed by atoms with Crippen molar-refractivity contribution in [1.29, 1.82) is 0 Å². The molecule has 1 N–H and O–H groups in total. The normalized spacial score (nSPS) is 14.9. The Labute approximate surface area is 379 Å². The van der Waals surface area contributed by atoms with Crippen LogP contribution in [0.25, 0.3) is 0 Å². The number of hydrogen-bond acceptors (Lipinski definition) is 7. The van der Waals surface area contributed by atoms with Crippen LogP contribution in [0.4, 0.5) is 0 Å². The highest BCUT2D eigenvalue weighted by atomic mass is 16.6. The van der Waals surface area contributed by atoms with Gasteiger partial charge in [-0.25, -0.2) is 4.79 Å². The lowest BCUT2D eigenvalue weighted by molar-refractivity contribution is -0.204. The SMILES string of the molecule is CCCCCC(CCC)C(CCC)(CCC)OC(=O)CC(O)(CC(=O)OC(CCC)(CCC)C(CCC)CCCCC)C(=O)OC(CCC)(CCC)C(CCC)CCCCC. The van der Waals surface area contributed by atoms with Gasteiger partial charge in [0.05, 0.1) is 12.8 Å². The molecule has 61 heavy (non-hydrogen) atoms. The third kappa shape index (κ3) is 20.4. The maximum atomic E-state index is 15.1. The molecule has 0 bridgehead atoms. The van der Waals surface area contributed by atoms with Crippen LogP contribution < -0.4 is 0 Å². The molecule has 0 aliphatic heterocycles. The van der Waals surface area contributed by atoms with Gasteiger partial charge in [-0.1, -0.05) is 199 Å². The third-order valence-corrected chi connectivity index (χ3v) is 13.8. The van der Waals surface area contributed by atoms with Crippen LogP contribution in [0, 0.1) is 17.8 Å². The van der Waals surface area contributed by atoms with Crippen LogP contribution in [0.2, 0.25) is 0 Å². The number of hydrogen-bond donors (Lipinski definition) is 1. The number of unbranched alkanes of at least 4 members (excludes halogenated alkanes) is 6. The molecule has 0 aromatic carbocycles. The predicted octanol–water partition coefficient (Wildman–Crippen LogP) is 16.1. The molecule has 0 radical (unpaired) electrons. The van der Waals surface area contributed by atoms with E-state index in [1.54, 1.807) is 0 Å². The Morgan fingerprint density at radius 2 is 0.623 bits per heavy atom. The van der Waals surface area contributed by atoms with E-state index >= 15 is 4.79 Å². The summed E-state index contributed by atoms with van der Waals surface area (Å²) in [6, 6.07) is 0. The number of carbonyl (C=O) groups excluding carboxylic acids is 3. The van der Waals surface area contributed by atoms with Crippen LogP contribution in [0.3, 0.4) is 0 Å². The van der Waals surface area contributed by atoms with Crippen molar-refractivity contribution in [2.75, 3.05) is 0 Å². The van der Waals surface area contributed by atoms with Gasteiger partial charge < -0.3 is 19.3 Å². The Morgan fingerprint density at radius 1 is 0.361 bits per heavy atom. The van der Waals surface area contributed by atoms with Crippen molar-refractivity contribution in [2.24, 2.45) is 17.8 Å². The van der Waals surface area contributed by atoms with E-state index in [2.05, 4.69) is 83.1 Å². The Morgan fingerprint density at radius 3 is 0.852 bits per heavy atom. The zero-order valence-corrected chi connectivity index (χ0v) is 42.8. The Bertz CT molecular complexity index is 1040. The highest BCUT2D eigenvalue weighted by Gasteiger charge is 2.51. The topological polar surface area (TPSA) is 99.1 Å². The molecule has 0 rings (SSSR count). The number of aliphatic hydroxyl groups is 1. The molecule has 0 aromatic rings. The maximum Gasteiger partial charge on any atom is 0.339 e. The number of esters is 3. The smallest absolute Gasteiger partial charge is 0.339 e. The van der Waals surface area contributed by atoms with Crippen LogP contribution in [-0.2, 0) is 28.6 Å². The fraction of sp³-hybridized carbons (Fsp3) is 0.944. The van der Waals surface area contributed by atoms with E-state index in [1.807, 2.05) is 0 Å². The molecule has 3 unspecified atom stereocenters. The highest BCUT2D eigenvalue weighted by Crippen LogP contribution is 2.44. The average molecular weight is 865 g/mol. The molecule has 3 atom stereocenters. The summed E-state index contributed by atoms with van der Waals surface area (Å²) in [6.45, 7) is 26.0. The standard InChI is InChI=1S/C54H104O7/c1-13-25-28-34-45(31-16-4)52(37-19-7,38-20-8)59-48(55)43-51(58,50(57)61-54(41-23-11,42-24-12)47(33-18-6)36-30-27-15-3)44-49(56)60-53(39-21-9,40-22-10)46(32-17-5)35-29-26-14-2/h45-47,58H,13-44H2,1-12H3. The number of carbonyl (C=O) groups is 3. The van der Waals surface area contributed by atoms with E-state index < -0.39 is 53.2 Å². The quantitative estimate of drug-likeness (QED) is 0.0371. The summed E-state index contributed by atoms with van der Waals surface area (Å²) < 4.78 is 20.2. The van der Waals surface area contributed by atoms with Gasteiger partial charge in [-0.2, -0.15) is 0 Å². The van der Waals surface area contributed by atoms with Gasteiger partial charge in [0, 0.05) is 0 Å². The van der Waals surface area contributed by atoms with Crippen molar-refractivity contribution in [2.45, 2.75) is 311 Å². The van der Waals surface area contributed by atoms with Crippen molar-refractivity contribution >= 4 is 17.9 Å². The second kappa shape index (κ2) is 33.8. The first-order valence-electron chi connectivity index (χ1n) is 26.6. The van der Waals surface area contributed by atoms with E-state index in [0.29, 0.717) is 38.5 Å². The van der Waals surface area contributed by atoms with Gasteiger partial charge in [-0.05, 0) is 94.8 Å². The lowest BCUT2D eigenvalue weighted by Gasteiger charge is -2.44. The maximum absolute atomic E-state index is 15.1. The zero-order valence-electron chi connectivity index (χ0n) is 42.8. The monoisotopic (exact) mass is 865 g/mol. The van der Waals surface area contributed by atoms with Gasteiger partial charge in [0.25, 0.3) is 0 Å². The average Bonchev–Trinajstić information content (AvgIpc) is 3.20. The molecular weight excluding hydrogens is 761 g/mol. The molecule has 7 heteroatoms. The summed E-state index contributed by atoms with van der Waals surface area (Å²) in [6.07, 6.45) is 26.3. The zero-order chi connectivity index (χ0) is 46.2. The van der Waals surface area contributed by atoms with Gasteiger partial charge >= 0.3 is 17.9 Å². The summed E-state index contributed by atoms with van der Waals surface area (Å²) in [4.78, 5) is 44.4. The first-order chi connectivity index (χ1) is 29.3. The molecule has 0 aromatic heterocycles. The second-order valence-electron chi connectivity index (χ2n) is 19.4. The van der Waals surface area contributed by atoms with Crippen molar-refractivity contribution in [3.8, 4) is 0 Å². The van der Waals surface area contributed by atoms with Crippen LogP contribution in [0.5, 0.6) is 0 Å². The van der Waals surface area contributed by atoms with E-state index in [1.165, 1.54) is 0 Å². The molecular formula is C54H104O7. The van der Waals surface area contributed by atoms with Crippen molar-refractivity contribution in [3.05, 3.63) is 0 Å². The van der Waals surface area contributed by atoms with E-state index in [-0.39, 0.29) is 17.8 Å². The minimum Gasteiger partial charge on any atom is -0.459 e. The van der Waals surface area contributed by atoms with Gasteiger partial charge in [0.15, 0.2) is 5.60 Å². The van der Waals surface area contributed by atoms with E-state index in [0.717, 1.165) is 154 Å². The van der Waals surface area contributed by atoms with Crippen molar-refractivity contribution in [3.63, 3.8) is 0 Å². The van der Waals surface area contributed by atoms with Crippen LogP contribution in [0.15, 0.2) is 0 Å². The van der Waals surface area contributed by atoms with Crippen LogP contribution >= 0.6 is 0 Å². The number of rotatable bonds is 41. The summed E-state index contributed by atoms with van der Waals surface area (Å²) in [5, 5.41) is 12.9. The largest absolute Gasteiger partial charge is 0.459 e. The summed E-state index contributed by atoms with van der Waals surface area (Å²) in [7, 11) is 0. The molecule has 0 aliphatic rings. The molecule has 0 spiro atoms. The minimum atomic E-state index is -2.44. The van der Waals surface area contributed by atoms with Crippen LogP contribution in [0.1, 0.15) is 289 Å². The molecule has 0 aliphatic carbocycles. The van der Waals surface area contributed by atoms with Gasteiger partial charge in [-0.15, -0.1) is 0 Å². The van der Waals surface area contributed by atoms with Gasteiger partial charge in [-0.3, -0.25) is 9.59 Å². The summed E-state index contributed by atoms with van der Waals surface area (Å²) in [5.41, 5.74) is -4.68. The second-order valence-corrected chi connectivity index (χ2v) is 19.4. The molecule has 0 amide bonds. The lowest BCUT2D eigenvalue weighted by atomic mass is 9.74. The fourth-order valence-corrected chi connectivity index (χ4v) is 11.2.